The monoisotopic (exact) mass is 254 g/mol. The molecule has 0 aromatic heterocycles. The lowest BCUT2D eigenvalue weighted by atomic mass is 10.0. The number of aliphatic hydroxyl groups is 1. The average molecular weight is 255 g/mol. The Hall–Kier alpha value is -1.45. The van der Waals surface area contributed by atoms with Crippen molar-refractivity contribution >= 4 is 11.6 Å². The van der Waals surface area contributed by atoms with Crippen molar-refractivity contribution in [3.05, 3.63) is 70.2 Å². The lowest BCUT2D eigenvalue weighted by molar-refractivity contribution is 0.219. The second-order valence-electron chi connectivity index (χ2n) is 3.60. The molecule has 0 aliphatic rings. The standard InChI is InChI=1S/C13H9ClF2O/c14-10-4-2-1-3-9(10)13(17)8-5-6-11(15)12(16)7-8/h1-7,13,17H. The lowest BCUT2D eigenvalue weighted by Crippen LogP contribution is -2.01. The summed E-state index contributed by atoms with van der Waals surface area (Å²) in [6, 6.07) is 9.96. The SMILES string of the molecule is OC(c1ccc(F)c(F)c1)c1ccccc1Cl. The Bertz CT molecular complexity index is 543. The van der Waals surface area contributed by atoms with E-state index in [9.17, 15) is 13.9 Å². The molecule has 0 heterocycles. The van der Waals surface area contributed by atoms with Gasteiger partial charge in [0.05, 0.1) is 0 Å². The van der Waals surface area contributed by atoms with Crippen molar-refractivity contribution < 1.29 is 13.9 Å². The molecule has 0 amide bonds. The van der Waals surface area contributed by atoms with Gasteiger partial charge in [-0.05, 0) is 23.8 Å². The summed E-state index contributed by atoms with van der Waals surface area (Å²) < 4.78 is 25.8. The third-order valence-electron chi connectivity index (χ3n) is 2.46. The fourth-order valence-corrected chi connectivity index (χ4v) is 1.80. The van der Waals surface area contributed by atoms with Crippen LogP contribution >= 0.6 is 11.6 Å². The third-order valence-corrected chi connectivity index (χ3v) is 2.80. The van der Waals surface area contributed by atoms with Crippen molar-refractivity contribution in [2.75, 3.05) is 0 Å². The Balaban J connectivity index is 2.40. The zero-order valence-electron chi connectivity index (χ0n) is 8.70. The number of rotatable bonds is 2. The van der Waals surface area contributed by atoms with Crippen LogP contribution in [-0.4, -0.2) is 5.11 Å². The zero-order valence-corrected chi connectivity index (χ0v) is 9.46. The van der Waals surface area contributed by atoms with E-state index in [1.165, 1.54) is 6.07 Å². The van der Waals surface area contributed by atoms with Crippen LogP contribution in [0.3, 0.4) is 0 Å². The van der Waals surface area contributed by atoms with Gasteiger partial charge in [0.1, 0.15) is 6.10 Å². The van der Waals surface area contributed by atoms with E-state index in [2.05, 4.69) is 0 Å². The Morgan fingerprint density at radius 3 is 2.35 bits per heavy atom. The van der Waals surface area contributed by atoms with Crippen LogP contribution in [0.15, 0.2) is 42.5 Å². The van der Waals surface area contributed by atoms with Gasteiger partial charge in [0.25, 0.3) is 0 Å². The van der Waals surface area contributed by atoms with E-state index in [0.717, 1.165) is 12.1 Å². The molecule has 0 aliphatic carbocycles. The molecule has 1 atom stereocenters. The molecule has 1 nitrogen and oxygen atoms in total. The van der Waals surface area contributed by atoms with Crippen LogP contribution in [0.5, 0.6) is 0 Å². The van der Waals surface area contributed by atoms with Crippen LogP contribution < -0.4 is 0 Å². The second-order valence-corrected chi connectivity index (χ2v) is 4.00. The van der Waals surface area contributed by atoms with Crippen LogP contribution in [-0.2, 0) is 0 Å². The van der Waals surface area contributed by atoms with Crippen molar-refractivity contribution in [3.63, 3.8) is 0 Å². The molecule has 0 saturated carbocycles. The molecule has 0 spiro atoms. The Morgan fingerprint density at radius 1 is 1.00 bits per heavy atom. The summed E-state index contributed by atoms with van der Waals surface area (Å²) in [4.78, 5) is 0. The maximum atomic E-state index is 13.0. The van der Waals surface area contributed by atoms with Gasteiger partial charge < -0.3 is 5.11 Å². The Kier molecular flexibility index (Phi) is 3.41. The molecule has 0 fully saturated rings. The van der Waals surface area contributed by atoms with E-state index >= 15 is 0 Å². The molecule has 0 bridgehead atoms. The topological polar surface area (TPSA) is 20.2 Å². The van der Waals surface area contributed by atoms with Gasteiger partial charge in [0.2, 0.25) is 0 Å². The van der Waals surface area contributed by atoms with Gasteiger partial charge in [0, 0.05) is 10.6 Å². The van der Waals surface area contributed by atoms with Crippen molar-refractivity contribution in [1.82, 2.24) is 0 Å². The smallest absolute Gasteiger partial charge is 0.159 e. The Morgan fingerprint density at radius 2 is 1.71 bits per heavy atom. The Labute approximate surface area is 102 Å². The maximum absolute atomic E-state index is 13.0. The summed E-state index contributed by atoms with van der Waals surface area (Å²) in [7, 11) is 0. The molecular weight excluding hydrogens is 246 g/mol. The predicted molar refractivity (Wildman–Crippen MR) is 61.9 cm³/mol. The van der Waals surface area contributed by atoms with E-state index < -0.39 is 17.7 Å². The van der Waals surface area contributed by atoms with Crippen LogP contribution in [0.4, 0.5) is 8.78 Å². The summed E-state index contributed by atoms with van der Waals surface area (Å²) in [5, 5.41) is 10.4. The number of hydrogen-bond acceptors (Lipinski definition) is 1. The first-order chi connectivity index (χ1) is 8.09. The minimum absolute atomic E-state index is 0.261. The van der Waals surface area contributed by atoms with E-state index in [1.54, 1.807) is 24.3 Å². The van der Waals surface area contributed by atoms with Gasteiger partial charge in [-0.1, -0.05) is 35.9 Å². The molecule has 0 saturated heterocycles. The zero-order chi connectivity index (χ0) is 12.4. The molecule has 1 unspecified atom stereocenters. The van der Waals surface area contributed by atoms with Crippen LogP contribution in [0.2, 0.25) is 5.02 Å². The van der Waals surface area contributed by atoms with Gasteiger partial charge in [0.15, 0.2) is 11.6 Å². The van der Waals surface area contributed by atoms with Gasteiger partial charge in [-0.2, -0.15) is 0 Å². The molecule has 1 N–H and O–H groups in total. The van der Waals surface area contributed by atoms with Crippen molar-refractivity contribution in [2.45, 2.75) is 6.10 Å². The highest BCUT2D eigenvalue weighted by Gasteiger charge is 2.15. The average Bonchev–Trinajstić information content (AvgIpc) is 2.32. The summed E-state index contributed by atoms with van der Waals surface area (Å²) in [6.07, 6.45) is -1.07. The van der Waals surface area contributed by atoms with Crippen molar-refractivity contribution in [1.29, 1.82) is 0 Å². The molecule has 0 radical (unpaired) electrons. The molecular formula is C13H9ClF2O. The third kappa shape index (κ3) is 2.46. The van der Waals surface area contributed by atoms with Crippen LogP contribution in [0.1, 0.15) is 17.2 Å². The normalized spacial score (nSPS) is 12.5. The largest absolute Gasteiger partial charge is 0.384 e. The molecule has 17 heavy (non-hydrogen) atoms. The van der Waals surface area contributed by atoms with E-state index in [1.807, 2.05) is 0 Å². The highest BCUT2D eigenvalue weighted by atomic mass is 35.5. The summed E-state index contributed by atoms with van der Waals surface area (Å²) in [6.45, 7) is 0. The summed E-state index contributed by atoms with van der Waals surface area (Å²) in [5.41, 5.74) is 0.720. The minimum Gasteiger partial charge on any atom is -0.384 e. The molecule has 88 valence electrons. The first-order valence-electron chi connectivity index (χ1n) is 4.97. The van der Waals surface area contributed by atoms with Crippen molar-refractivity contribution in [3.8, 4) is 0 Å². The number of benzene rings is 2. The van der Waals surface area contributed by atoms with E-state index in [0.29, 0.717) is 10.6 Å². The van der Waals surface area contributed by atoms with Crippen molar-refractivity contribution in [2.24, 2.45) is 0 Å². The fraction of sp³-hybridized carbons (Fsp3) is 0.0769. The first kappa shape index (κ1) is 12.0. The summed E-state index contributed by atoms with van der Waals surface area (Å²) in [5.74, 6) is -1.94. The molecule has 2 rings (SSSR count). The molecule has 4 heteroatoms. The predicted octanol–water partition coefficient (Wildman–Crippen LogP) is 3.70. The van der Waals surface area contributed by atoms with Gasteiger partial charge >= 0.3 is 0 Å². The quantitative estimate of drug-likeness (QED) is 0.866. The number of hydrogen-bond donors (Lipinski definition) is 1. The highest BCUT2D eigenvalue weighted by molar-refractivity contribution is 6.31. The van der Waals surface area contributed by atoms with Gasteiger partial charge in [-0.15, -0.1) is 0 Å². The molecule has 2 aromatic carbocycles. The van der Waals surface area contributed by atoms with Crippen LogP contribution in [0, 0.1) is 11.6 Å². The second kappa shape index (κ2) is 4.82. The minimum atomic E-state index is -1.07. The molecule has 2 aromatic rings. The maximum Gasteiger partial charge on any atom is 0.159 e. The van der Waals surface area contributed by atoms with E-state index in [-0.39, 0.29) is 5.56 Å². The van der Waals surface area contributed by atoms with E-state index in [4.69, 9.17) is 11.6 Å². The lowest BCUT2D eigenvalue weighted by Gasteiger charge is -2.13. The summed E-state index contributed by atoms with van der Waals surface area (Å²) >= 11 is 5.91. The highest BCUT2D eigenvalue weighted by Crippen LogP contribution is 2.28. The number of aliphatic hydroxyl groups excluding tert-OH is 1. The fourth-order valence-electron chi connectivity index (χ4n) is 1.56. The molecule has 0 aliphatic heterocycles. The van der Waals surface area contributed by atoms with Gasteiger partial charge in [-0.25, -0.2) is 8.78 Å². The number of halogens is 3. The van der Waals surface area contributed by atoms with Crippen LogP contribution in [0.25, 0.3) is 0 Å². The first-order valence-corrected chi connectivity index (χ1v) is 5.35. The van der Waals surface area contributed by atoms with Gasteiger partial charge in [-0.3, -0.25) is 0 Å².